The van der Waals surface area contributed by atoms with Gasteiger partial charge in [0.15, 0.2) is 5.72 Å². The molecule has 0 bridgehead atoms. The van der Waals surface area contributed by atoms with Crippen LogP contribution in [0.2, 0.25) is 0 Å². The molecule has 0 radical (unpaired) electrons. The van der Waals surface area contributed by atoms with Gasteiger partial charge in [0.2, 0.25) is 11.6 Å². The summed E-state index contributed by atoms with van der Waals surface area (Å²) in [6.45, 7) is 4.63. The summed E-state index contributed by atoms with van der Waals surface area (Å²) in [6.07, 6.45) is 3.07. The van der Waals surface area contributed by atoms with E-state index in [0.29, 0.717) is 12.2 Å². The molecule has 0 spiro atoms. The Kier molecular flexibility index (Phi) is 4.13. The Balaban J connectivity index is 1.79. The molecular formula is C19H24N4O5. The number of piperazine rings is 1. The van der Waals surface area contributed by atoms with E-state index in [-0.39, 0.29) is 41.3 Å². The molecule has 3 heterocycles. The first kappa shape index (κ1) is 18.7. The average molecular weight is 388 g/mol. The van der Waals surface area contributed by atoms with Crippen LogP contribution in [-0.2, 0) is 19.1 Å². The number of fused-ring (bicyclic) bond motifs is 4. The summed E-state index contributed by atoms with van der Waals surface area (Å²) in [4.78, 5) is 41.4. The number of allylic oxidation sites excluding steroid dienone is 3. The number of amides is 1. The van der Waals surface area contributed by atoms with Crippen LogP contribution in [0.4, 0.5) is 4.79 Å². The fourth-order valence-electron chi connectivity index (χ4n) is 5.06. The number of Topliss-reactive ketones (excluding diaryl/α,β-unsaturated/α-hetero) is 2. The van der Waals surface area contributed by atoms with E-state index < -0.39 is 23.5 Å². The molecule has 0 aromatic rings. The van der Waals surface area contributed by atoms with Gasteiger partial charge in [0.05, 0.1) is 23.4 Å². The predicted octanol–water partition coefficient (Wildman–Crippen LogP) is -0.363. The van der Waals surface area contributed by atoms with Crippen LogP contribution < -0.4 is 11.5 Å². The fraction of sp³-hybridized carbons (Fsp3) is 0.526. The van der Waals surface area contributed by atoms with Crippen LogP contribution in [0.5, 0.6) is 0 Å². The molecule has 9 heteroatoms. The molecule has 2 fully saturated rings. The van der Waals surface area contributed by atoms with Gasteiger partial charge in [0.25, 0.3) is 0 Å². The second kappa shape index (κ2) is 6.18. The van der Waals surface area contributed by atoms with E-state index in [1.165, 1.54) is 0 Å². The lowest BCUT2D eigenvalue weighted by atomic mass is 9.82. The standard InChI is InChI=1S/C19H24N4O5/c1-4-5-6-22-11-7-23-14-12(16(25)13(20)9(2)15(14)24)10(8-28-18(21)26)19(23,27-3)17(11)22/h4-5,10-11,17H,6-8,20H2,1-3H3,(H2,21,26)/b5-4+. The Morgan fingerprint density at radius 2 is 2.07 bits per heavy atom. The zero-order valence-electron chi connectivity index (χ0n) is 16.1. The van der Waals surface area contributed by atoms with Crippen molar-refractivity contribution in [1.29, 1.82) is 0 Å². The maximum atomic E-state index is 13.0. The van der Waals surface area contributed by atoms with E-state index in [0.717, 1.165) is 6.54 Å². The van der Waals surface area contributed by atoms with Crippen molar-refractivity contribution >= 4 is 17.7 Å². The van der Waals surface area contributed by atoms with E-state index in [1.807, 2.05) is 24.0 Å². The third kappa shape index (κ3) is 2.17. The highest BCUT2D eigenvalue weighted by atomic mass is 16.6. The molecule has 4 rings (SSSR count). The Morgan fingerprint density at radius 1 is 1.36 bits per heavy atom. The van der Waals surface area contributed by atoms with Gasteiger partial charge >= 0.3 is 6.09 Å². The number of ether oxygens (including phenoxy) is 2. The molecule has 2 saturated heterocycles. The van der Waals surface area contributed by atoms with Crippen LogP contribution in [0.3, 0.4) is 0 Å². The Labute approximate surface area is 162 Å². The van der Waals surface area contributed by atoms with Gasteiger partial charge in [0.1, 0.15) is 6.61 Å². The van der Waals surface area contributed by atoms with Crippen LogP contribution in [0, 0.1) is 5.92 Å². The minimum absolute atomic E-state index is 0.0390. The van der Waals surface area contributed by atoms with E-state index in [9.17, 15) is 14.4 Å². The molecule has 0 aromatic carbocycles. The number of hydrogen-bond acceptors (Lipinski definition) is 8. The molecule has 1 amide bonds. The molecule has 3 aliphatic heterocycles. The fourth-order valence-corrected chi connectivity index (χ4v) is 5.06. The molecule has 1 aliphatic carbocycles. The first-order valence-electron chi connectivity index (χ1n) is 9.23. The monoisotopic (exact) mass is 388 g/mol. The van der Waals surface area contributed by atoms with E-state index >= 15 is 0 Å². The minimum atomic E-state index is -0.984. The first-order chi connectivity index (χ1) is 13.3. The number of ketones is 2. The van der Waals surface area contributed by atoms with E-state index in [4.69, 9.17) is 20.9 Å². The number of hydrogen-bond donors (Lipinski definition) is 2. The normalized spacial score (nSPS) is 36.2. The van der Waals surface area contributed by atoms with Crippen LogP contribution >= 0.6 is 0 Å². The molecule has 5 unspecified atom stereocenters. The molecule has 9 nitrogen and oxygen atoms in total. The van der Waals surface area contributed by atoms with Crippen molar-refractivity contribution in [3.05, 3.63) is 34.7 Å². The van der Waals surface area contributed by atoms with Gasteiger partial charge in [-0.25, -0.2) is 4.79 Å². The highest BCUT2D eigenvalue weighted by Crippen LogP contribution is 2.59. The second-order valence-corrected chi connectivity index (χ2v) is 7.49. The number of nitrogens with two attached hydrogens (primary N) is 2. The van der Waals surface area contributed by atoms with Gasteiger partial charge < -0.3 is 25.8 Å². The molecule has 0 aromatic heterocycles. The highest BCUT2D eigenvalue weighted by molar-refractivity contribution is 6.25. The van der Waals surface area contributed by atoms with Crippen molar-refractivity contribution in [2.75, 3.05) is 26.8 Å². The van der Waals surface area contributed by atoms with Gasteiger partial charge in [-0.1, -0.05) is 12.2 Å². The quantitative estimate of drug-likeness (QED) is 0.371. The van der Waals surface area contributed by atoms with Gasteiger partial charge in [-0.2, -0.15) is 0 Å². The van der Waals surface area contributed by atoms with Crippen LogP contribution in [0.1, 0.15) is 13.8 Å². The zero-order chi connectivity index (χ0) is 20.4. The van der Waals surface area contributed by atoms with Crippen molar-refractivity contribution < 1.29 is 23.9 Å². The SMILES string of the molecule is C/C=C/CN1C2CN3C4=C(C(=O)C(N)=C(C)C4=O)C(COC(N)=O)C3(OC)C21. The molecule has 4 aliphatic rings. The summed E-state index contributed by atoms with van der Waals surface area (Å²) in [5, 5.41) is 0. The number of primary amides is 1. The number of nitrogens with zero attached hydrogens (tertiary/aromatic N) is 2. The second-order valence-electron chi connectivity index (χ2n) is 7.49. The summed E-state index contributed by atoms with van der Waals surface area (Å²) in [7, 11) is 1.55. The third-order valence-electron chi connectivity index (χ3n) is 6.37. The number of rotatable bonds is 5. The highest BCUT2D eigenvalue weighted by Gasteiger charge is 2.75. The van der Waals surface area contributed by atoms with Crippen molar-refractivity contribution in [1.82, 2.24) is 9.80 Å². The van der Waals surface area contributed by atoms with E-state index in [2.05, 4.69) is 4.90 Å². The van der Waals surface area contributed by atoms with Crippen molar-refractivity contribution in [3.8, 4) is 0 Å². The van der Waals surface area contributed by atoms with Crippen LogP contribution in [-0.4, -0.2) is 72.1 Å². The van der Waals surface area contributed by atoms with Gasteiger partial charge in [-0.3, -0.25) is 14.5 Å². The van der Waals surface area contributed by atoms with Gasteiger partial charge in [-0.05, 0) is 13.8 Å². The number of methoxy groups -OCH3 is 1. The summed E-state index contributed by atoms with van der Waals surface area (Å²) in [5.41, 5.74) is 10.8. The lowest BCUT2D eigenvalue weighted by Crippen LogP contribution is -2.55. The van der Waals surface area contributed by atoms with Crippen molar-refractivity contribution in [2.45, 2.75) is 31.7 Å². The van der Waals surface area contributed by atoms with E-state index in [1.54, 1.807) is 14.0 Å². The molecular weight excluding hydrogens is 364 g/mol. The number of carbonyl (C=O) groups excluding carboxylic acids is 3. The van der Waals surface area contributed by atoms with Crippen LogP contribution in [0.25, 0.3) is 0 Å². The van der Waals surface area contributed by atoms with Crippen molar-refractivity contribution in [3.63, 3.8) is 0 Å². The van der Waals surface area contributed by atoms with Gasteiger partial charge in [-0.15, -0.1) is 0 Å². The lowest BCUT2D eigenvalue weighted by Gasteiger charge is -2.41. The Hall–Kier alpha value is -2.65. The summed E-state index contributed by atoms with van der Waals surface area (Å²) in [5.74, 6) is -1.35. The maximum absolute atomic E-state index is 13.0. The average Bonchev–Trinajstić information content (AvgIpc) is 3.12. The third-order valence-corrected chi connectivity index (χ3v) is 6.37. The Morgan fingerprint density at radius 3 is 2.68 bits per heavy atom. The van der Waals surface area contributed by atoms with Gasteiger partial charge in [0, 0.05) is 37.4 Å². The molecule has 28 heavy (non-hydrogen) atoms. The van der Waals surface area contributed by atoms with Crippen LogP contribution in [0.15, 0.2) is 34.7 Å². The molecule has 5 atom stereocenters. The number of carbonyl (C=O) groups is 3. The summed E-state index contributed by atoms with van der Waals surface area (Å²) < 4.78 is 11.1. The summed E-state index contributed by atoms with van der Waals surface area (Å²) in [6, 6.07) is 0.149. The lowest BCUT2D eigenvalue weighted by molar-refractivity contribution is -0.145. The first-order valence-corrected chi connectivity index (χ1v) is 9.23. The maximum Gasteiger partial charge on any atom is 0.404 e. The summed E-state index contributed by atoms with van der Waals surface area (Å²) >= 11 is 0. The van der Waals surface area contributed by atoms with Crippen molar-refractivity contribution in [2.24, 2.45) is 17.4 Å². The Bertz CT molecular complexity index is 876. The zero-order valence-corrected chi connectivity index (χ0v) is 16.1. The predicted molar refractivity (Wildman–Crippen MR) is 98.5 cm³/mol. The molecule has 4 N–H and O–H groups in total. The minimum Gasteiger partial charge on any atom is -0.449 e. The molecule has 0 saturated carbocycles. The largest absolute Gasteiger partial charge is 0.449 e. The molecule has 150 valence electrons. The smallest absolute Gasteiger partial charge is 0.404 e. The topological polar surface area (TPSA) is 128 Å².